The Bertz CT molecular complexity index is 1080. The molecular weight excluding hydrogens is 428 g/mol. The highest BCUT2D eigenvalue weighted by molar-refractivity contribution is 7.89. The van der Waals surface area contributed by atoms with Gasteiger partial charge in [-0.15, -0.1) is 10.2 Å². The third-order valence-electron chi connectivity index (χ3n) is 3.61. The van der Waals surface area contributed by atoms with Crippen molar-refractivity contribution in [2.24, 2.45) is 0 Å². The molecule has 2 aromatic heterocycles. The topological polar surface area (TPSA) is 76.4 Å². The Labute approximate surface area is 162 Å². The van der Waals surface area contributed by atoms with Gasteiger partial charge >= 0.3 is 6.18 Å². The van der Waals surface area contributed by atoms with Crippen LogP contribution in [0.1, 0.15) is 11.4 Å². The fourth-order valence-corrected chi connectivity index (χ4v) is 3.74. The van der Waals surface area contributed by atoms with Crippen LogP contribution in [0.25, 0.3) is 5.65 Å². The Kier molecular flexibility index (Phi) is 5.35. The lowest BCUT2D eigenvalue weighted by molar-refractivity contribution is -0.136. The average molecular weight is 439 g/mol. The van der Waals surface area contributed by atoms with Crippen LogP contribution in [-0.2, 0) is 22.6 Å². The summed E-state index contributed by atoms with van der Waals surface area (Å²) < 4.78 is 67.1. The minimum absolute atomic E-state index is 0.00558. The molecule has 2 heterocycles. The number of halogens is 5. The molecular formula is C15H11Cl2F3N4O2S. The van der Waals surface area contributed by atoms with E-state index in [0.29, 0.717) is 5.02 Å². The second kappa shape index (κ2) is 7.27. The van der Waals surface area contributed by atoms with Crippen molar-refractivity contribution in [1.82, 2.24) is 19.3 Å². The summed E-state index contributed by atoms with van der Waals surface area (Å²) in [6, 6.07) is 6.31. The quantitative estimate of drug-likeness (QED) is 0.660. The summed E-state index contributed by atoms with van der Waals surface area (Å²) in [6.45, 7) is -0.0976. The molecule has 0 saturated carbocycles. The second-order valence-corrected chi connectivity index (χ2v) is 8.12. The van der Waals surface area contributed by atoms with Crippen molar-refractivity contribution in [3.8, 4) is 0 Å². The van der Waals surface area contributed by atoms with Gasteiger partial charge in [0.1, 0.15) is 11.4 Å². The predicted molar refractivity (Wildman–Crippen MR) is 93.3 cm³/mol. The van der Waals surface area contributed by atoms with E-state index < -0.39 is 27.4 Å². The molecule has 12 heteroatoms. The molecule has 0 aliphatic carbocycles. The zero-order valence-corrected chi connectivity index (χ0v) is 15.7. The number of benzene rings is 1. The maximum atomic E-state index is 13.1. The lowest BCUT2D eigenvalue weighted by Gasteiger charge is -2.09. The Morgan fingerprint density at radius 2 is 1.74 bits per heavy atom. The molecule has 1 aromatic carbocycles. The van der Waals surface area contributed by atoms with Crippen LogP contribution in [0.2, 0.25) is 10.0 Å². The first-order valence-corrected chi connectivity index (χ1v) is 9.67. The number of fused-ring (bicyclic) bond motifs is 1. The van der Waals surface area contributed by atoms with Gasteiger partial charge in [0, 0.05) is 24.2 Å². The van der Waals surface area contributed by atoms with Crippen LogP contribution in [0.5, 0.6) is 0 Å². The highest BCUT2D eigenvalue weighted by Gasteiger charge is 2.35. The van der Waals surface area contributed by atoms with Crippen LogP contribution in [0.15, 0.2) is 41.4 Å². The van der Waals surface area contributed by atoms with Gasteiger partial charge < -0.3 is 0 Å². The van der Waals surface area contributed by atoms with Crippen molar-refractivity contribution in [2.75, 3.05) is 6.54 Å². The smallest absolute Gasteiger partial charge is 0.284 e. The Balaban J connectivity index is 1.80. The van der Waals surface area contributed by atoms with Gasteiger partial charge in [0.15, 0.2) is 5.65 Å². The van der Waals surface area contributed by atoms with E-state index in [1.165, 1.54) is 30.5 Å². The Morgan fingerprint density at radius 3 is 2.37 bits per heavy atom. The van der Waals surface area contributed by atoms with Crippen LogP contribution < -0.4 is 4.72 Å². The van der Waals surface area contributed by atoms with Crippen LogP contribution in [-0.4, -0.2) is 29.6 Å². The molecule has 27 heavy (non-hydrogen) atoms. The zero-order chi connectivity index (χ0) is 19.8. The second-order valence-electron chi connectivity index (χ2n) is 5.48. The maximum absolute atomic E-state index is 13.1. The van der Waals surface area contributed by atoms with E-state index in [9.17, 15) is 21.6 Å². The van der Waals surface area contributed by atoms with Crippen molar-refractivity contribution in [3.05, 3.63) is 58.0 Å². The van der Waals surface area contributed by atoms with Crippen LogP contribution in [0, 0.1) is 0 Å². The highest BCUT2D eigenvalue weighted by Crippen LogP contribution is 2.33. The van der Waals surface area contributed by atoms with E-state index >= 15 is 0 Å². The molecule has 0 aliphatic rings. The summed E-state index contributed by atoms with van der Waals surface area (Å²) in [5.74, 6) is 0.136. The molecule has 0 fully saturated rings. The van der Waals surface area contributed by atoms with Gasteiger partial charge in [-0.2, -0.15) is 13.2 Å². The molecule has 0 spiro atoms. The summed E-state index contributed by atoms with van der Waals surface area (Å²) in [5, 5.41) is 7.52. The number of alkyl halides is 3. The number of rotatable bonds is 5. The average Bonchev–Trinajstić information content (AvgIpc) is 2.96. The maximum Gasteiger partial charge on any atom is 0.420 e. The van der Waals surface area contributed by atoms with E-state index in [1.807, 2.05) is 0 Å². The summed E-state index contributed by atoms with van der Waals surface area (Å²) in [6.07, 6.45) is -3.40. The first kappa shape index (κ1) is 19.9. The van der Waals surface area contributed by atoms with Gasteiger partial charge in [-0.25, -0.2) is 13.1 Å². The minimum atomic E-state index is -4.65. The summed E-state index contributed by atoms with van der Waals surface area (Å²) >= 11 is 11.5. The van der Waals surface area contributed by atoms with Crippen LogP contribution >= 0.6 is 23.2 Å². The molecule has 6 nitrogen and oxygen atoms in total. The predicted octanol–water partition coefficient (Wildman–Crippen LogP) is 3.58. The van der Waals surface area contributed by atoms with Crippen molar-refractivity contribution >= 4 is 38.9 Å². The van der Waals surface area contributed by atoms with E-state index in [1.54, 1.807) is 0 Å². The van der Waals surface area contributed by atoms with Crippen LogP contribution in [0.3, 0.4) is 0 Å². The monoisotopic (exact) mass is 438 g/mol. The van der Waals surface area contributed by atoms with Gasteiger partial charge in [-0.3, -0.25) is 4.40 Å². The number of nitrogens with zero attached hydrogens (tertiary/aromatic N) is 3. The number of sulfonamides is 1. The van der Waals surface area contributed by atoms with Gasteiger partial charge in [-0.1, -0.05) is 23.2 Å². The van der Waals surface area contributed by atoms with E-state index in [0.717, 1.165) is 10.5 Å². The number of hydrogen-bond donors (Lipinski definition) is 1. The van der Waals surface area contributed by atoms with Crippen LogP contribution in [0.4, 0.5) is 13.2 Å². The molecule has 3 aromatic rings. The SMILES string of the molecule is O=S(=O)(NCCc1nnc2c(C(F)(F)F)cc(Cl)cn12)c1ccc(Cl)cc1. The molecule has 0 radical (unpaired) electrons. The molecule has 0 atom stereocenters. The van der Waals surface area contributed by atoms with Crippen molar-refractivity contribution in [3.63, 3.8) is 0 Å². The van der Waals surface area contributed by atoms with Gasteiger partial charge in [-0.05, 0) is 30.3 Å². The molecule has 0 saturated heterocycles. The normalized spacial score (nSPS) is 12.6. The number of nitrogens with one attached hydrogen (secondary N) is 1. The van der Waals surface area contributed by atoms with Gasteiger partial charge in [0.2, 0.25) is 10.0 Å². The fourth-order valence-electron chi connectivity index (χ4n) is 2.38. The summed E-state index contributed by atoms with van der Waals surface area (Å²) in [7, 11) is -3.80. The van der Waals surface area contributed by atoms with Crippen molar-refractivity contribution < 1.29 is 21.6 Å². The van der Waals surface area contributed by atoms with E-state index in [-0.39, 0.29) is 28.7 Å². The fraction of sp³-hybridized carbons (Fsp3) is 0.200. The number of pyridine rings is 1. The summed E-state index contributed by atoms with van der Waals surface area (Å²) in [5.41, 5.74) is -1.42. The first-order chi connectivity index (χ1) is 12.6. The molecule has 0 unspecified atom stereocenters. The molecule has 144 valence electrons. The third-order valence-corrected chi connectivity index (χ3v) is 5.55. The van der Waals surface area contributed by atoms with Crippen molar-refractivity contribution in [1.29, 1.82) is 0 Å². The molecule has 1 N–H and O–H groups in total. The third kappa shape index (κ3) is 4.34. The van der Waals surface area contributed by atoms with E-state index in [2.05, 4.69) is 14.9 Å². The highest BCUT2D eigenvalue weighted by atomic mass is 35.5. The number of hydrogen-bond acceptors (Lipinski definition) is 4. The molecule has 0 aliphatic heterocycles. The molecule has 0 amide bonds. The largest absolute Gasteiger partial charge is 0.420 e. The minimum Gasteiger partial charge on any atom is -0.284 e. The standard InChI is InChI=1S/C15H11Cl2F3N4O2S/c16-9-1-3-11(4-2-9)27(25,26)21-6-5-13-22-23-14-12(15(18,19)20)7-10(17)8-24(13)14/h1-4,7-8,21H,5-6H2. The summed E-state index contributed by atoms with van der Waals surface area (Å²) in [4.78, 5) is 0.0143. The molecule has 3 rings (SSSR count). The first-order valence-electron chi connectivity index (χ1n) is 7.43. The lowest BCUT2D eigenvalue weighted by Crippen LogP contribution is -2.26. The van der Waals surface area contributed by atoms with E-state index in [4.69, 9.17) is 23.2 Å². The van der Waals surface area contributed by atoms with Crippen molar-refractivity contribution in [2.45, 2.75) is 17.5 Å². The lowest BCUT2D eigenvalue weighted by atomic mass is 10.2. The Morgan fingerprint density at radius 1 is 1.07 bits per heavy atom. The Hall–Kier alpha value is -1.88. The molecule has 0 bridgehead atoms. The van der Waals surface area contributed by atoms with Gasteiger partial charge in [0.25, 0.3) is 0 Å². The van der Waals surface area contributed by atoms with Gasteiger partial charge in [0.05, 0.1) is 9.92 Å². The zero-order valence-electron chi connectivity index (χ0n) is 13.3. The number of aromatic nitrogens is 3.